The van der Waals surface area contributed by atoms with Crippen molar-refractivity contribution in [2.75, 3.05) is 0 Å². The highest BCUT2D eigenvalue weighted by Gasteiger charge is 2.47. The van der Waals surface area contributed by atoms with Gasteiger partial charge in [0, 0.05) is 17.9 Å². The van der Waals surface area contributed by atoms with E-state index >= 15 is 0 Å². The number of alkyl halides is 6. The summed E-state index contributed by atoms with van der Waals surface area (Å²) >= 11 is 0. The molecule has 1 saturated carbocycles. The van der Waals surface area contributed by atoms with Crippen LogP contribution in [-0.4, -0.2) is 17.6 Å². The molecular formula is C25H24F7NO2. The smallest absolute Gasteiger partial charge is 0.369 e. The predicted octanol–water partition coefficient (Wildman–Crippen LogP) is 6.80. The standard InChI is InChI=1S/C25H24F7NO2/c1-23(9-8-21(34)33-23)19-6-7-20(22(19)15-2-4-18(26)5-3-15)35-13-14-10-16(24(27,28)29)12-17(11-14)25(30,31)32/h2,4-5,10-12,19-20H,3,6-9,13H2,1H3,(H,33,34)/b22-15+/t19?,20-,23+/m0/s1. The van der Waals surface area contributed by atoms with Crippen molar-refractivity contribution in [3.8, 4) is 0 Å². The van der Waals surface area contributed by atoms with Gasteiger partial charge in [-0.3, -0.25) is 4.79 Å². The number of carbonyl (C=O) groups is 1. The first-order chi connectivity index (χ1) is 16.3. The molecule has 3 nitrogen and oxygen atoms in total. The Bertz CT molecular complexity index is 1070. The molecule has 0 bridgehead atoms. The van der Waals surface area contributed by atoms with Crippen LogP contribution in [0.5, 0.6) is 0 Å². The normalized spacial score (nSPS) is 29.5. The summed E-state index contributed by atoms with van der Waals surface area (Å²) in [5.74, 6) is -0.638. The molecule has 1 heterocycles. The maximum absolute atomic E-state index is 13.6. The van der Waals surface area contributed by atoms with E-state index in [1.807, 2.05) is 6.92 Å². The van der Waals surface area contributed by atoms with Crippen molar-refractivity contribution in [2.45, 2.75) is 69.6 Å². The van der Waals surface area contributed by atoms with Crippen molar-refractivity contribution in [2.24, 2.45) is 5.92 Å². The van der Waals surface area contributed by atoms with Crippen LogP contribution in [0.3, 0.4) is 0 Å². The van der Waals surface area contributed by atoms with Crippen LogP contribution >= 0.6 is 0 Å². The van der Waals surface area contributed by atoms with Crippen molar-refractivity contribution in [3.05, 3.63) is 70.1 Å². The third kappa shape index (κ3) is 5.47. The molecule has 2 fully saturated rings. The van der Waals surface area contributed by atoms with Crippen molar-refractivity contribution < 1.29 is 40.3 Å². The molecule has 35 heavy (non-hydrogen) atoms. The average Bonchev–Trinajstić information content (AvgIpc) is 3.35. The Morgan fingerprint density at radius 1 is 1.03 bits per heavy atom. The molecule has 2 aliphatic carbocycles. The van der Waals surface area contributed by atoms with Crippen molar-refractivity contribution in [1.82, 2.24) is 5.32 Å². The summed E-state index contributed by atoms with van der Waals surface area (Å²) in [6.45, 7) is 1.45. The zero-order valence-electron chi connectivity index (χ0n) is 18.8. The second kappa shape index (κ2) is 9.11. The van der Waals surface area contributed by atoms with E-state index in [2.05, 4.69) is 5.32 Å². The van der Waals surface area contributed by atoms with Gasteiger partial charge in [0.1, 0.15) is 5.83 Å². The minimum atomic E-state index is -4.94. The first-order valence-electron chi connectivity index (χ1n) is 11.2. The van der Waals surface area contributed by atoms with E-state index in [9.17, 15) is 35.5 Å². The molecule has 1 aromatic rings. The Balaban J connectivity index is 1.63. The van der Waals surface area contributed by atoms with Crippen LogP contribution in [0.25, 0.3) is 0 Å². The summed E-state index contributed by atoms with van der Waals surface area (Å²) in [5, 5.41) is 3.00. The van der Waals surface area contributed by atoms with Crippen LogP contribution in [-0.2, 0) is 28.5 Å². The number of amides is 1. The Morgan fingerprint density at radius 2 is 1.69 bits per heavy atom. The van der Waals surface area contributed by atoms with Crippen LogP contribution in [0.1, 0.15) is 55.7 Å². The lowest BCUT2D eigenvalue weighted by Gasteiger charge is -2.34. The molecule has 10 heteroatoms. The number of hydrogen-bond acceptors (Lipinski definition) is 2. The van der Waals surface area contributed by atoms with Gasteiger partial charge < -0.3 is 10.1 Å². The van der Waals surface area contributed by atoms with Crippen molar-refractivity contribution in [3.63, 3.8) is 0 Å². The lowest BCUT2D eigenvalue weighted by atomic mass is 9.78. The zero-order valence-corrected chi connectivity index (χ0v) is 18.8. The molecule has 0 radical (unpaired) electrons. The number of rotatable bonds is 4. The third-order valence-corrected chi connectivity index (χ3v) is 6.94. The average molecular weight is 503 g/mol. The topological polar surface area (TPSA) is 38.3 Å². The Morgan fingerprint density at radius 3 is 2.20 bits per heavy atom. The van der Waals surface area contributed by atoms with E-state index in [0.29, 0.717) is 37.8 Å². The van der Waals surface area contributed by atoms with E-state index in [0.717, 1.165) is 11.1 Å². The van der Waals surface area contributed by atoms with E-state index < -0.39 is 47.6 Å². The van der Waals surface area contributed by atoms with Gasteiger partial charge in [-0.15, -0.1) is 0 Å². The monoisotopic (exact) mass is 503 g/mol. The lowest BCUT2D eigenvalue weighted by molar-refractivity contribution is -0.143. The summed E-state index contributed by atoms with van der Waals surface area (Å²) in [4.78, 5) is 11.9. The summed E-state index contributed by atoms with van der Waals surface area (Å²) in [5.41, 5.74) is -2.02. The molecule has 0 spiro atoms. The number of benzene rings is 1. The molecule has 3 atom stereocenters. The van der Waals surface area contributed by atoms with Gasteiger partial charge in [-0.25, -0.2) is 4.39 Å². The van der Waals surface area contributed by atoms with Crippen LogP contribution in [0.2, 0.25) is 0 Å². The third-order valence-electron chi connectivity index (χ3n) is 6.94. The second-order valence-corrected chi connectivity index (χ2v) is 9.42. The van der Waals surface area contributed by atoms with Gasteiger partial charge in [0.25, 0.3) is 0 Å². The van der Waals surface area contributed by atoms with Gasteiger partial charge in [-0.1, -0.05) is 6.08 Å². The minimum Gasteiger partial charge on any atom is -0.369 e. The fraction of sp³-hybridized carbons (Fsp3) is 0.480. The molecule has 1 N–H and O–H groups in total. The number of halogens is 7. The quantitative estimate of drug-likeness (QED) is 0.459. The molecule has 4 rings (SSSR count). The molecule has 0 aromatic heterocycles. The van der Waals surface area contributed by atoms with E-state index in [1.165, 1.54) is 12.2 Å². The Labute approximate surface area is 197 Å². The minimum absolute atomic E-state index is 0.0832. The van der Waals surface area contributed by atoms with Gasteiger partial charge in [0.15, 0.2) is 0 Å². The van der Waals surface area contributed by atoms with Gasteiger partial charge in [0.2, 0.25) is 5.91 Å². The van der Waals surface area contributed by atoms with Gasteiger partial charge in [0.05, 0.1) is 23.8 Å². The Kier molecular flexibility index (Phi) is 6.63. The van der Waals surface area contributed by atoms with E-state index in [-0.39, 0.29) is 29.9 Å². The molecule has 1 saturated heterocycles. The van der Waals surface area contributed by atoms with Crippen molar-refractivity contribution >= 4 is 5.91 Å². The fourth-order valence-electron chi connectivity index (χ4n) is 5.23. The summed E-state index contributed by atoms with van der Waals surface area (Å²) < 4.78 is 98.8. The first-order valence-corrected chi connectivity index (χ1v) is 11.2. The molecule has 1 amide bonds. The molecule has 1 unspecified atom stereocenters. The Hall–Kier alpha value is -2.62. The SMILES string of the molecule is C[C@]1(C2CC[C@H](OCc3cc(C(F)(F)F)cc(C(F)(F)F)c3)/C2=C2\C=CC(F)=CC2)CCC(=O)N1. The lowest BCUT2D eigenvalue weighted by Crippen LogP contribution is -2.45. The van der Waals surface area contributed by atoms with Crippen LogP contribution in [0, 0.1) is 5.92 Å². The number of allylic oxidation sites excluding steroid dienone is 5. The second-order valence-electron chi connectivity index (χ2n) is 9.42. The van der Waals surface area contributed by atoms with Crippen LogP contribution in [0.4, 0.5) is 30.7 Å². The zero-order chi connectivity index (χ0) is 25.6. The fourth-order valence-corrected chi connectivity index (χ4v) is 5.23. The number of carbonyl (C=O) groups excluding carboxylic acids is 1. The summed E-state index contributed by atoms with van der Waals surface area (Å²) in [6.07, 6.45) is -3.87. The molecule has 1 aliphatic heterocycles. The maximum Gasteiger partial charge on any atom is 0.416 e. The highest BCUT2D eigenvalue weighted by atomic mass is 19.4. The predicted molar refractivity (Wildman–Crippen MR) is 114 cm³/mol. The number of hydrogen-bond donors (Lipinski definition) is 1. The molecule has 3 aliphatic rings. The van der Waals surface area contributed by atoms with E-state index in [4.69, 9.17) is 4.74 Å². The summed E-state index contributed by atoms with van der Waals surface area (Å²) in [7, 11) is 0. The largest absolute Gasteiger partial charge is 0.416 e. The highest BCUT2D eigenvalue weighted by molar-refractivity contribution is 5.79. The molecular weight excluding hydrogens is 479 g/mol. The number of nitrogens with one attached hydrogen (secondary N) is 1. The van der Waals surface area contributed by atoms with Crippen molar-refractivity contribution in [1.29, 1.82) is 0 Å². The van der Waals surface area contributed by atoms with Crippen LogP contribution < -0.4 is 5.32 Å². The molecule has 1 aromatic carbocycles. The maximum atomic E-state index is 13.6. The first kappa shape index (κ1) is 25.5. The van der Waals surface area contributed by atoms with E-state index in [1.54, 1.807) is 6.08 Å². The van der Waals surface area contributed by atoms with Gasteiger partial charge in [-0.05, 0) is 79.7 Å². The summed E-state index contributed by atoms with van der Waals surface area (Å²) in [6, 6.07) is 1.40. The van der Waals surface area contributed by atoms with Gasteiger partial charge >= 0.3 is 12.4 Å². The van der Waals surface area contributed by atoms with Crippen LogP contribution in [0.15, 0.2) is 53.4 Å². The highest BCUT2D eigenvalue weighted by Crippen LogP contribution is 2.47. The molecule has 190 valence electrons. The van der Waals surface area contributed by atoms with Gasteiger partial charge in [-0.2, -0.15) is 26.3 Å². The number of ether oxygens (including phenoxy) is 1.